The lowest BCUT2D eigenvalue weighted by Crippen LogP contribution is -2.41. The second-order valence-corrected chi connectivity index (χ2v) is 8.91. The molecule has 7 heteroatoms. The van der Waals surface area contributed by atoms with Crippen molar-refractivity contribution in [1.29, 1.82) is 0 Å². The number of carbonyl (C=O) groups is 1. The quantitative estimate of drug-likeness (QED) is 0.903. The maximum Gasteiger partial charge on any atom is 0.322 e. The van der Waals surface area contributed by atoms with Gasteiger partial charge in [-0.2, -0.15) is 0 Å². The number of nitrogens with one attached hydrogen (secondary N) is 1. The molecule has 1 N–H and O–H groups in total. The van der Waals surface area contributed by atoms with Crippen molar-refractivity contribution < 1.29 is 13.2 Å². The summed E-state index contributed by atoms with van der Waals surface area (Å²) in [4.78, 5) is 16.1. The first-order valence-electron chi connectivity index (χ1n) is 7.84. The van der Waals surface area contributed by atoms with Gasteiger partial charge in [-0.15, -0.1) is 11.3 Å². The van der Waals surface area contributed by atoms with Gasteiger partial charge in [0.2, 0.25) is 0 Å². The molecule has 0 fully saturated rings. The van der Waals surface area contributed by atoms with E-state index in [1.807, 2.05) is 4.90 Å². The highest BCUT2D eigenvalue weighted by molar-refractivity contribution is 7.90. The molecule has 1 aliphatic heterocycles. The van der Waals surface area contributed by atoms with Crippen LogP contribution in [0.2, 0.25) is 0 Å². The number of benzene rings is 1. The SMILES string of the molecule is CCC1c2ccsc2CCN1C(=O)Nc1ccc(S(C)(=O)=O)cc1. The fourth-order valence-electron chi connectivity index (χ4n) is 3.06. The molecular formula is C17H20N2O3S2. The van der Waals surface area contributed by atoms with E-state index in [0.29, 0.717) is 12.2 Å². The third-order valence-electron chi connectivity index (χ3n) is 4.28. The minimum Gasteiger partial charge on any atom is -0.317 e. The van der Waals surface area contributed by atoms with Crippen molar-refractivity contribution in [3.8, 4) is 0 Å². The number of sulfone groups is 1. The van der Waals surface area contributed by atoms with Gasteiger partial charge in [-0.1, -0.05) is 6.92 Å². The van der Waals surface area contributed by atoms with Crippen molar-refractivity contribution in [2.24, 2.45) is 0 Å². The van der Waals surface area contributed by atoms with Gasteiger partial charge >= 0.3 is 6.03 Å². The van der Waals surface area contributed by atoms with E-state index >= 15 is 0 Å². The Morgan fingerprint density at radius 3 is 2.62 bits per heavy atom. The molecule has 0 spiro atoms. The summed E-state index contributed by atoms with van der Waals surface area (Å²) < 4.78 is 23.0. The zero-order chi connectivity index (χ0) is 17.3. The Balaban J connectivity index is 1.75. The number of fused-ring (bicyclic) bond motifs is 1. The van der Waals surface area contributed by atoms with Crippen molar-refractivity contribution in [2.75, 3.05) is 18.1 Å². The highest BCUT2D eigenvalue weighted by atomic mass is 32.2. The van der Waals surface area contributed by atoms with Crippen molar-refractivity contribution in [2.45, 2.75) is 30.7 Å². The second kappa shape index (κ2) is 6.57. The first kappa shape index (κ1) is 17.0. The van der Waals surface area contributed by atoms with Crippen molar-refractivity contribution in [3.63, 3.8) is 0 Å². The summed E-state index contributed by atoms with van der Waals surface area (Å²) >= 11 is 1.75. The number of hydrogen-bond donors (Lipinski definition) is 1. The number of hydrogen-bond acceptors (Lipinski definition) is 4. The lowest BCUT2D eigenvalue weighted by atomic mass is 9.98. The molecular weight excluding hydrogens is 344 g/mol. The highest BCUT2D eigenvalue weighted by Crippen LogP contribution is 2.35. The third-order valence-corrected chi connectivity index (χ3v) is 6.40. The molecule has 0 radical (unpaired) electrons. The monoisotopic (exact) mass is 364 g/mol. The van der Waals surface area contributed by atoms with Crippen LogP contribution in [0.4, 0.5) is 10.5 Å². The Bertz CT molecular complexity index is 841. The van der Waals surface area contributed by atoms with E-state index in [0.717, 1.165) is 12.8 Å². The predicted molar refractivity (Wildman–Crippen MR) is 96.3 cm³/mol. The Hall–Kier alpha value is -1.86. The smallest absolute Gasteiger partial charge is 0.317 e. The molecule has 1 atom stereocenters. The van der Waals surface area contributed by atoms with E-state index in [9.17, 15) is 13.2 Å². The van der Waals surface area contributed by atoms with Crippen LogP contribution in [0.3, 0.4) is 0 Å². The van der Waals surface area contributed by atoms with Crippen LogP contribution in [0.5, 0.6) is 0 Å². The van der Waals surface area contributed by atoms with Crippen LogP contribution < -0.4 is 5.32 Å². The molecule has 1 aliphatic rings. The lowest BCUT2D eigenvalue weighted by Gasteiger charge is -2.35. The summed E-state index contributed by atoms with van der Waals surface area (Å²) in [5.41, 5.74) is 1.84. The van der Waals surface area contributed by atoms with E-state index in [1.54, 1.807) is 23.5 Å². The fourth-order valence-corrected chi connectivity index (χ4v) is 4.62. The maximum absolute atomic E-state index is 12.7. The molecule has 5 nitrogen and oxygen atoms in total. The van der Waals surface area contributed by atoms with Crippen LogP contribution in [0.25, 0.3) is 0 Å². The van der Waals surface area contributed by atoms with Gasteiger partial charge in [0, 0.05) is 23.4 Å². The van der Waals surface area contributed by atoms with Crippen LogP contribution in [0.15, 0.2) is 40.6 Å². The molecule has 2 heterocycles. The number of carbonyl (C=O) groups excluding carboxylic acids is 1. The van der Waals surface area contributed by atoms with Gasteiger partial charge in [0.1, 0.15) is 0 Å². The summed E-state index contributed by atoms with van der Waals surface area (Å²) in [5.74, 6) is 0. The van der Waals surface area contributed by atoms with Crippen LogP contribution in [0, 0.1) is 0 Å². The molecule has 1 aromatic carbocycles. The molecule has 1 aromatic heterocycles. The second-order valence-electron chi connectivity index (χ2n) is 5.89. The summed E-state index contributed by atoms with van der Waals surface area (Å²) in [6.45, 7) is 2.78. The molecule has 3 rings (SSSR count). The number of nitrogens with zero attached hydrogens (tertiary/aromatic N) is 1. The average Bonchev–Trinajstić information content (AvgIpc) is 3.02. The highest BCUT2D eigenvalue weighted by Gasteiger charge is 2.30. The number of rotatable bonds is 3. The topological polar surface area (TPSA) is 66.5 Å². The zero-order valence-corrected chi connectivity index (χ0v) is 15.3. The molecule has 0 aliphatic carbocycles. The van der Waals surface area contributed by atoms with E-state index < -0.39 is 9.84 Å². The van der Waals surface area contributed by atoms with Crippen LogP contribution in [-0.4, -0.2) is 32.1 Å². The van der Waals surface area contributed by atoms with Crippen molar-refractivity contribution in [1.82, 2.24) is 4.90 Å². The molecule has 24 heavy (non-hydrogen) atoms. The molecule has 2 amide bonds. The Morgan fingerprint density at radius 2 is 2.00 bits per heavy atom. The summed E-state index contributed by atoms with van der Waals surface area (Å²) in [7, 11) is -3.23. The van der Waals surface area contributed by atoms with Gasteiger partial charge in [0.25, 0.3) is 0 Å². The van der Waals surface area contributed by atoms with Crippen LogP contribution in [-0.2, 0) is 16.3 Å². The molecule has 2 aromatic rings. The first-order chi connectivity index (χ1) is 11.4. The van der Waals surface area contributed by atoms with Gasteiger partial charge < -0.3 is 10.2 Å². The van der Waals surface area contributed by atoms with Crippen molar-refractivity contribution >= 4 is 32.9 Å². The van der Waals surface area contributed by atoms with E-state index in [2.05, 4.69) is 23.7 Å². The fraction of sp³-hybridized carbons (Fsp3) is 0.353. The number of urea groups is 1. The first-order valence-corrected chi connectivity index (χ1v) is 10.6. The summed E-state index contributed by atoms with van der Waals surface area (Å²) in [5, 5.41) is 4.96. The predicted octanol–water partition coefficient (Wildman–Crippen LogP) is 3.69. The van der Waals surface area contributed by atoms with E-state index in [-0.39, 0.29) is 17.0 Å². The molecule has 0 saturated heterocycles. The van der Waals surface area contributed by atoms with Crippen LogP contribution >= 0.6 is 11.3 Å². The molecule has 0 bridgehead atoms. The molecule has 0 saturated carbocycles. The summed E-state index contributed by atoms with van der Waals surface area (Å²) in [6, 6.07) is 8.31. The van der Waals surface area contributed by atoms with Gasteiger partial charge in [-0.3, -0.25) is 0 Å². The summed E-state index contributed by atoms with van der Waals surface area (Å²) in [6.07, 6.45) is 2.91. The lowest BCUT2D eigenvalue weighted by molar-refractivity contribution is 0.181. The number of thiophene rings is 1. The Morgan fingerprint density at radius 1 is 1.29 bits per heavy atom. The van der Waals surface area contributed by atoms with Crippen LogP contribution in [0.1, 0.15) is 29.8 Å². The minimum atomic E-state index is -3.23. The zero-order valence-electron chi connectivity index (χ0n) is 13.7. The number of amides is 2. The Kier molecular flexibility index (Phi) is 4.64. The standard InChI is InChI=1S/C17H20N2O3S2/c1-3-15-14-9-11-23-16(14)8-10-19(15)17(20)18-12-4-6-13(7-5-12)24(2,21)22/h4-7,9,11,15H,3,8,10H2,1-2H3,(H,18,20). The third kappa shape index (κ3) is 3.32. The van der Waals surface area contributed by atoms with Gasteiger partial charge in [0.15, 0.2) is 9.84 Å². The Labute approximate surface area is 146 Å². The average molecular weight is 364 g/mol. The normalized spacial score (nSPS) is 17.4. The maximum atomic E-state index is 12.7. The largest absolute Gasteiger partial charge is 0.322 e. The molecule has 128 valence electrons. The van der Waals surface area contributed by atoms with Gasteiger partial charge in [-0.25, -0.2) is 13.2 Å². The number of anilines is 1. The van der Waals surface area contributed by atoms with Gasteiger partial charge in [0.05, 0.1) is 10.9 Å². The van der Waals surface area contributed by atoms with Gasteiger partial charge in [-0.05, 0) is 54.1 Å². The van der Waals surface area contributed by atoms with E-state index in [4.69, 9.17) is 0 Å². The van der Waals surface area contributed by atoms with Crippen molar-refractivity contribution in [3.05, 3.63) is 46.2 Å². The minimum absolute atomic E-state index is 0.0929. The molecule has 1 unspecified atom stereocenters. The van der Waals surface area contributed by atoms with E-state index in [1.165, 1.54) is 28.8 Å².